The van der Waals surface area contributed by atoms with Crippen molar-refractivity contribution < 1.29 is 14.6 Å². The Hall–Kier alpha value is -0.120. The molecule has 2 atom stereocenters. The van der Waals surface area contributed by atoms with E-state index >= 15 is 0 Å². The van der Waals surface area contributed by atoms with Gasteiger partial charge in [-0.1, -0.05) is 20.8 Å². The van der Waals surface area contributed by atoms with E-state index in [4.69, 9.17) is 9.47 Å². The van der Waals surface area contributed by atoms with Crippen LogP contribution in [0.3, 0.4) is 0 Å². The Kier molecular flexibility index (Phi) is 3.79. The molecule has 0 aromatic rings. The average Bonchev–Trinajstić information content (AvgIpc) is 2.28. The molecule has 3 nitrogen and oxygen atoms in total. The molecule has 18 heavy (non-hydrogen) atoms. The molecule has 2 fully saturated rings. The first kappa shape index (κ1) is 14.3. The summed E-state index contributed by atoms with van der Waals surface area (Å²) >= 11 is 0. The minimum Gasteiger partial charge on any atom is -0.389 e. The van der Waals surface area contributed by atoms with Gasteiger partial charge in [-0.05, 0) is 43.9 Å². The normalized spacial score (nSPS) is 32.2. The van der Waals surface area contributed by atoms with Gasteiger partial charge in [0.05, 0.1) is 11.2 Å². The van der Waals surface area contributed by atoms with Gasteiger partial charge in [0, 0.05) is 19.8 Å². The van der Waals surface area contributed by atoms with Crippen LogP contribution >= 0.6 is 0 Å². The van der Waals surface area contributed by atoms with Crippen molar-refractivity contribution in [3.8, 4) is 0 Å². The summed E-state index contributed by atoms with van der Waals surface area (Å²) in [5.74, 6) is 0.323. The predicted molar refractivity (Wildman–Crippen MR) is 71.5 cm³/mol. The predicted octanol–water partition coefficient (Wildman–Crippen LogP) is 2.76. The fourth-order valence-electron chi connectivity index (χ4n) is 3.21. The van der Waals surface area contributed by atoms with E-state index in [0.717, 1.165) is 45.5 Å². The van der Waals surface area contributed by atoms with Crippen molar-refractivity contribution in [2.75, 3.05) is 19.8 Å². The van der Waals surface area contributed by atoms with Gasteiger partial charge in [-0.25, -0.2) is 0 Å². The molecule has 0 bridgehead atoms. The molecule has 2 unspecified atom stereocenters. The molecule has 3 heteroatoms. The van der Waals surface area contributed by atoms with Crippen LogP contribution in [0.2, 0.25) is 0 Å². The monoisotopic (exact) mass is 256 g/mol. The Labute approximate surface area is 111 Å². The average molecular weight is 256 g/mol. The van der Waals surface area contributed by atoms with Crippen molar-refractivity contribution in [2.24, 2.45) is 11.3 Å². The summed E-state index contributed by atoms with van der Waals surface area (Å²) < 4.78 is 11.5. The molecule has 0 aliphatic carbocycles. The molecular formula is C15H28O3. The molecule has 1 N–H and O–H groups in total. The van der Waals surface area contributed by atoms with Crippen molar-refractivity contribution in [1.82, 2.24) is 0 Å². The first-order chi connectivity index (χ1) is 8.27. The summed E-state index contributed by atoms with van der Waals surface area (Å²) in [5.41, 5.74) is -0.764. The fourth-order valence-corrected chi connectivity index (χ4v) is 3.21. The van der Waals surface area contributed by atoms with E-state index in [1.807, 2.05) is 6.92 Å². The number of rotatable bonds is 1. The van der Waals surface area contributed by atoms with Crippen LogP contribution in [0.1, 0.15) is 53.4 Å². The highest BCUT2D eigenvalue weighted by atomic mass is 16.5. The zero-order valence-electron chi connectivity index (χ0n) is 12.3. The molecule has 2 aliphatic rings. The minimum atomic E-state index is -0.637. The molecule has 2 heterocycles. The Bertz CT molecular complexity index is 279. The fraction of sp³-hybridized carbons (Fsp3) is 1.00. The van der Waals surface area contributed by atoms with Gasteiger partial charge in [0.2, 0.25) is 0 Å². The van der Waals surface area contributed by atoms with E-state index in [1.165, 1.54) is 0 Å². The topological polar surface area (TPSA) is 38.7 Å². The standard InChI is InChI=1S/C15H28O3/c1-13(2,3)14(4,16)12-5-8-18-15(11-12)6-9-17-10-7-15/h12,16H,5-11H2,1-4H3. The molecule has 1 spiro atoms. The second-order valence-corrected chi connectivity index (χ2v) is 7.23. The molecule has 2 saturated heterocycles. The molecular weight excluding hydrogens is 228 g/mol. The smallest absolute Gasteiger partial charge is 0.0730 e. The third-order valence-corrected chi connectivity index (χ3v) is 5.21. The summed E-state index contributed by atoms with van der Waals surface area (Å²) in [6.45, 7) is 10.7. The van der Waals surface area contributed by atoms with E-state index in [0.29, 0.717) is 5.92 Å². The third-order valence-electron chi connectivity index (χ3n) is 5.21. The number of hydrogen-bond donors (Lipinski definition) is 1. The Morgan fingerprint density at radius 3 is 2.22 bits per heavy atom. The summed E-state index contributed by atoms with van der Waals surface area (Å²) in [7, 11) is 0. The molecule has 0 aromatic carbocycles. The molecule has 0 amide bonds. The van der Waals surface area contributed by atoms with Crippen molar-refractivity contribution in [3.63, 3.8) is 0 Å². The molecule has 106 valence electrons. The first-order valence-corrected chi connectivity index (χ1v) is 7.21. The second-order valence-electron chi connectivity index (χ2n) is 7.23. The van der Waals surface area contributed by atoms with Gasteiger partial charge < -0.3 is 14.6 Å². The zero-order chi connectivity index (χ0) is 13.4. The maximum atomic E-state index is 10.9. The molecule has 0 aromatic heterocycles. The van der Waals surface area contributed by atoms with Crippen molar-refractivity contribution in [2.45, 2.75) is 64.6 Å². The lowest BCUT2D eigenvalue weighted by atomic mass is 9.64. The SMILES string of the molecule is CC(C)(C)C(C)(O)C1CCOC2(CCOCC2)C1. The van der Waals surface area contributed by atoms with E-state index in [9.17, 15) is 5.11 Å². The van der Waals surface area contributed by atoms with Crippen molar-refractivity contribution >= 4 is 0 Å². The van der Waals surface area contributed by atoms with Crippen molar-refractivity contribution in [3.05, 3.63) is 0 Å². The summed E-state index contributed by atoms with van der Waals surface area (Å²) in [6, 6.07) is 0. The zero-order valence-corrected chi connectivity index (χ0v) is 12.3. The Morgan fingerprint density at radius 1 is 1.06 bits per heavy atom. The molecule has 0 saturated carbocycles. The Balaban J connectivity index is 2.11. The van der Waals surface area contributed by atoms with E-state index < -0.39 is 5.60 Å². The van der Waals surface area contributed by atoms with Gasteiger partial charge in [-0.2, -0.15) is 0 Å². The number of ether oxygens (including phenoxy) is 2. The third kappa shape index (κ3) is 2.59. The van der Waals surface area contributed by atoms with Crippen LogP contribution in [0, 0.1) is 11.3 Å². The van der Waals surface area contributed by atoms with Crippen LogP contribution in [0.5, 0.6) is 0 Å². The van der Waals surface area contributed by atoms with Crippen LogP contribution in [0.25, 0.3) is 0 Å². The summed E-state index contributed by atoms with van der Waals surface area (Å²) in [6.07, 6.45) is 3.89. The number of hydrogen-bond acceptors (Lipinski definition) is 3. The van der Waals surface area contributed by atoms with E-state index in [1.54, 1.807) is 0 Å². The second kappa shape index (κ2) is 4.77. The molecule has 2 aliphatic heterocycles. The lowest BCUT2D eigenvalue weighted by Gasteiger charge is -2.51. The van der Waals surface area contributed by atoms with Crippen molar-refractivity contribution in [1.29, 1.82) is 0 Å². The highest BCUT2D eigenvalue weighted by molar-refractivity contribution is 4.99. The van der Waals surface area contributed by atoms with Gasteiger partial charge >= 0.3 is 0 Å². The highest BCUT2D eigenvalue weighted by Crippen LogP contribution is 2.46. The summed E-state index contributed by atoms with van der Waals surface area (Å²) in [5, 5.41) is 10.9. The maximum absolute atomic E-state index is 10.9. The van der Waals surface area contributed by atoms with E-state index in [-0.39, 0.29) is 11.0 Å². The van der Waals surface area contributed by atoms with Gasteiger partial charge in [-0.15, -0.1) is 0 Å². The Morgan fingerprint density at radius 2 is 1.67 bits per heavy atom. The highest BCUT2D eigenvalue weighted by Gasteiger charge is 2.48. The largest absolute Gasteiger partial charge is 0.389 e. The van der Waals surface area contributed by atoms with Gasteiger partial charge in [0.15, 0.2) is 0 Å². The minimum absolute atomic E-state index is 0.0313. The first-order valence-electron chi connectivity index (χ1n) is 7.21. The maximum Gasteiger partial charge on any atom is 0.0730 e. The van der Waals surface area contributed by atoms with E-state index in [2.05, 4.69) is 20.8 Å². The van der Waals surface area contributed by atoms with Crippen LogP contribution in [0.4, 0.5) is 0 Å². The lowest BCUT2D eigenvalue weighted by molar-refractivity contribution is -0.190. The summed E-state index contributed by atoms with van der Waals surface area (Å²) in [4.78, 5) is 0. The van der Waals surface area contributed by atoms with Gasteiger partial charge in [0.1, 0.15) is 0 Å². The quantitative estimate of drug-likeness (QED) is 0.784. The van der Waals surface area contributed by atoms with Crippen LogP contribution in [0.15, 0.2) is 0 Å². The molecule has 0 radical (unpaired) electrons. The number of aliphatic hydroxyl groups is 1. The molecule has 2 rings (SSSR count). The van der Waals surface area contributed by atoms with Gasteiger partial charge in [0.25, 0.3) is 0 Å². The van der Waals surface area contributed by atoms with Gasteiger partial charge in [-0.3, -0.25) is 0 Å². The van der Waals surface area contributed by atoms with Crippen LogP contribution < -0.4 is 0 Å². The lowest BCUT2D eigenvalue weighted by Crippen LogP contribution is -2.54. The van der Waals surface area contributed by atoms with Crippen LogP contribution in [-0.4, -0.2) is 36.1 Å². The van der Waals surface area contributed by atoms with Crippen LogP contribution in [-0.2, 0) is 9.47 Å².